The number of benzene rings is 1. The van der Waals surface area contributed by atoms with E-state index in [1.165, 1.54) is 0 Å². The number of carbonyl (C=O) groups is 1. The van der Waals surface area contributed by atoms with E-state index in [1.54, 1.807) is 18.2 Å². The molecule has 0 unspecified atom stereocenters. The van der Waals surface area contributed by atoms with Gasteiger partial charge < -0.3 is 10.4 Å². The fraction of sp³-hybridized carbons (Fsp3) is 0.533. The van der Waals surface area contributed by atoms with Crippen molar-refractivity contribution in [2.75, 3.05) is 6.61 Å². The van der Waals surface area contributed by atoms with Crippen LogP contribution in [0.3, 0.4) is 0 Å². The number of aliphatic hydroxyl groups is 1. The highest BCUT2D eigenvalue weighted by atomic mass is 35.5. The molecule has 1 amide bonds. The van der Waals surface area contributed by atoms with Gasteiger partial charge in [0, 0.05) is 0 Å². The highest BCUT2D eigenvalue weighted by Crippen LogP contribution is 2.32. The first-order valence-corrected chi connectivity index (χ1v) is 7.60. The van der Waals surface area contributed by atoms with Gasteiger partial charge in [0.25, 0.3) is 5.91 Å². The monoisotopic (exact) mass is 315 g/mol. The van der Waals surface area contributed by atoms with Crippen molar-refractivity contribution in [3.05, 3.63) is 33.8 Å². The number of nitrogens with one attached hydrogen (secondary N) is 1. The Hall–Kier alpha value is -0.770. The summed E-state index contributed by atoms with van der Waals surface area (Å²) in [6, 6.07) is 4.97. The average molecular weight is 316 g/mol. The van der Waals surface area contributed by atoms with Crippen LogP contribution in [0.2, 0.25) is 10.0 Å². The molecular formula is C15H19Cl2NO2. The summed E-state index contributed by atoms with van der Waals surface area (Å²) in [5.74, 6) is 0.363. The lowest BCUT2D eigenvalue weighted by atomic mass is 9.77. The zero-order valence-corrected chi connectivity index (χ0v) is 13.0. The van der Waals surface area contributed by atoms with E-state index in [4.69, 9.17) is 23.2 Å². The van der Waals surface area contributed by atoms with Gasteiger partial charge in [-0.15, -0.1) is 0 Å². The van der Waals surface area contributed by atoms with Gasteiger partial charge in [-0.2, -0.15) is 0 Å². The minimum atomic E-state index is -0.533. The average Bonchev–Trinajstić information content (AvgIpc) is 2.44. The highest BCUT2D eigenvalue weighted by molar-refractivity contribution is 6.43. The molecule has 0 aliphatic heterocycles. The first kappa shape index (κ1) is 15.6. The molecule has 0 saturated heterocycles. The Bertz CT molecular complexity index is 497. The standard InChI is InChI=1S/C15H19Cl2NO2/c1-10-5-7-15(9-19,8-6-10)18-14(20)11-3-2-4-12(16)13(11)17/h2-4,10,19H,5-9H2,1H3,(H,18,20). The number of amides is 1. The Morgan fingerprint density at radius 1 is 1.40 bits per heavy atom. The van der Waals surface area contributed by atoms with E-state index < -0.39 is 5.54 Å². The molecule has 0 heterocycles. The van der Waals surface area contributed by atoms with Crippen molar-refractivity contribution in [3.63, 3.8) is 0 Å². The highest BCUT2D eigenvalue weighted by Gasteiger charge is 2.35. The third-order valence-electron chi connectivity index (χ3n) is 4.11. The van der Waals surface area contributed by atoms with Crippen molar-refractivity contribution in [1.29, 1.82) is 0 Å². The normalized spacial score (nSPS) is 26.3. The van der Waals surface area contributed by atoms with Crippen LogP contribution in [0.4, 0.5) is 0 Å². The molecule has 1 aliphatic rings. The SMILES string of the molecule is CC1CCC(CO)(NC(=O)c2cccc(Cl)c2Cl)CC1. The van der Waals surface area contributed by atoms with Crippen LogP contribution >= 0.6 is 23.2 Å². The molecule has 0 radical (unpaired) electrons. The van der Waals surface area contributed by atoms with E-state index in [1.807, 2.05) is 0 Å². The lowest BCUT2D eigenvalue weighted by Crippen LogP contribution is -2.53. The number of aliphatic hydroxyl groups excluding tert-OH is 1. The van der Waals surface area contributed by atoms with Crippen LogP contribution in [0.5, 0.6) is 0 Å². The first-order valence-electron chi connectivity index (χ1n) is 6.85. The Kier molecular flexibility index (Phi) is 4.95. The van der Waals surface area contributed by atoms with Crippen molar-refractivity contribution < 1.29 is 9.90 Å². The topological polar surface area (TPSA) is 49.3 Å². The van der Waals surface area contributed by atoms with Crippen LogP contribution in [0, 0.1) is 5.92 Å². The maximum atomic E-state index is 12.4. The fourth-order valence-corrected chi connectivity index (χ4v) is 3.01. The predicted octanol–water partition coefficient (Wildman–Crippen LogP) is 3.66. The van der Waals surface area contributed by atoms with Gasteiger partial charge >= 0.3 is 0 Å². The summed E-state index contributed by atoms with van der Waals surface area (Å²) in [6.45, 7) is 2.14. The van der Waals surface area contributed by atoms with Crippen LogP contribution < -0.4 is 5.32 Å². The second-order valence-corrected chi connectivity index (χ2v) is 6.46. The Balaban J connectivity index is 2.15. The van der Waals surface area contributed by atoms with Crippen molar-refractivity contribution in [2.45, 2.75) is 38.1 Å². The van der Waals surface area contributed by atoms with E-state index in [0.29, 0.717) is 16.5 Å². The smallest absolute Gasteiger partial charge is 0.253 e. The second kappa shape index (κ2) is 6.33. The molecule has 5 heteroatoms. The summed E-state index contributed by atoms with van der Waals surface area (Å²) < 4.78 is 0. The summed E-state index contributed by atoms with van der Waals surface area (Å²) in [5, 5.41) is 13.2. The molecular weight excluding hydrogens is 297 g/mol. The van der Waals surface area contributed by atoms with Gasteiger partial charge in [0.2, 0.25) is 0 Å². The zero-order chi connectivity index (χ0) is 14.8. The van der Waals surface area contributed by atoms with E-state index in [9.17, 15) is 9.90 Å². The third kappa shape index (κ3) is 3.27. The van der Waals surface area contributed by atoms with Gasteiger partial charge in [-0.3, -0.25) is 4.79 Å². The molecule has 1 aromatic carbocycles. The molecule has 0 bridgehead atoms. The molecule has 0 aromatic heterocycles. The third-order valence-corrected chi connectivity index (χ3v) is 4.93. The van der Waals surface area contributed by atoms with Gasteiger partial charge in [-0.1, -0.05) is 36.2 Å². The van der Waals surface area contributed by atoms with Crippen LogP contribution in [-0.4, -0.2) is 23.2 Å². The van der Waals surface area contributed by atoms with Gasteiger partial charge in [0.15, 0.2) is 0 Å². The van der Waals surface area contributed by atoms with E-state index >= 15 is 0 Å². The summed E-state index contributed by atoms with van der Waals surface area (Å²) in [6.07, 6.45) is 3.58. The fourth-order valence-electron chi connectivity index (χ4n) is 2.62. The Labute approximate surface area is 129 Å². The molecule has 0 atom stereocenters. The van der Waals surface area contributed by atoms with E-state index in [-0.39, 0.29) is 17.5 Å². The van der Waals surface area contributed by atoms with E-state index in [0.717, 1.165) is 25.7 Å². The van der Waals surface area contributed by atoms with Crippen LogP contribution in [0.15, 0.2) is 18.2 Å². The van der Waals surface area contributed by atoms with Crippen molar-refractivity contribution in [1.82, 2.24) is 5.32 Å². The summed E-state index contributed by atoms with van der Waals surface area (Å²) >= 11 is 12.0. The lowest BCUT2D eigenvalue weighted by molar-refractivity contribution is 0.0717. The molecule has 2 N–H and O–H groups in total. The summed E-state index contributed by atoms with van der Waals surface area (Å²) in [5.41, 5.74) is -0.180. The molecule has 20 heavy (non-hydrogen) atoms. The molecule has 3 nitrogen and oxygen atoms in total. The maximum Gasteiger partial charge on any atom is 0.253 e. The zero-order valence-electron chi connectivity index (χ0n) is 11.5. The number of halogens is 2. The molecule has 2 rings (SSSR count). The van der Waals surface area contributed by atoms with Crippen LogP contribution in [0.25, 0.3) is 0 Å². The van der Waals surface area contributed by atoms with E-state index in [2.05, 4.69) is 12.2 Å². The van der Waals surface area contributed by atoms with Gasteiger partial charge in [0.05, 0.1) is 27.8 Å². The second-order valence-electron chi connectivity index (χ2n) is 5.68. The quantitative estimate of drug-likeness (QED) is 0.894. The Morgan fingerprint density at radius 2 is 2.05 bits per heavy atom. The summed E-state index contributed by atoms with van der Waals surface area (Å²) in [4.78, 5) is 12.4. The molecule has 1 saturated carbocycles. The first-order chi connectivity index (χ1) is 9.47. The lowest BCUT2D eigenvalue weighted by Gasteiger charge is -2.38. The van der Waals surface area contributed by atoms with Crippen molar-refractivity contribution in [2.24, 2.45) is 5.92 Å². The molecule has 1 fully saturated rings. The number of rotatable bonds is 3. The number of hydrogen-bond donors (Lipinski definition) is 2. The molecule has 1 aromatic rings. The molecule has 0 spiro atoms. The van der Waals surface area contributed by atoms with Crippen LogP contribution in [-0.2, 0) is 0 Å². The van der Waals surface area contributed by atoms with Gasteiger partial charge in [0.1, 0.15) is 0 Å². The van der Waals surface area contributed by atoms with Crippen LogP contribution in [0.1, 0.15) is 43.0 Å². The number of carbonyl (C=O) groups excluding carboxylic acids is 1. The molecule has 1 aliphatic carbocycles. The van der Waals surface area contributed by atoms with Gasteiger partial charge in [-0.25, -0.2) is 0 Å². The Morgan fingerprint density at radius 3 is 2.65 bits per heavy atom. The van der Waals surface area contributed by atoms with Gasteiger partial charge in [-0.05, 0) is 43.7 Å². The minimum absolute atomic E-state index is 0.0519. The van der Waals surface area contributed by atoms with Crippen molar-refractivity contribution in [3.8, 4) is 0 Å². The number of hydrogen-bond acceptors (Lipinski definition) is 2. The predicted molar refractivity (Wildman–Crippen MR) is 81.4 cm³/mol. The minimum Gasteiger partial charge on any atom is -0.394 e. The maximum absolute atomic E-state index is 12.4. The summed E-state index contributed by atoms with van der Waals surface area (Å²) in [7, 11) is 0. The largest absolute Gasteiger partial charge is 0.394 e. The van der Waals surface area contributed by atoms with Crippen molar-refractivity contribution >= 4 is 29.1 Å². The molecule has 110 valence electrons.